The van der Waals surface area contributed by atoms with E-state index in [2.05, 4.69) is 55.4 Å². The van der Waals surface area contributed by atoms with Gasteiger partial charge >= 0.3 is 0 Å². The van der Waals surface area contributed by atoms with Crippen LogP contribution in [0.4, 0.5) is 0 Å². The predicted molar refractivity (Wildman–Crippen MR) is 118 cm³/mol. The van der Waals surface area contributed by atoms with Crippen molar-refractivity contribution in [1.82, 2.24) is 9.80 Å². The molecule has 0 aromatic carbocycles. The van der Waals surface area contributed by atoms with Crippen LogP contribution in [-0.4, -0.2) is 47.8 Å². The zero-order valence-electron chi connectivity index (χ0n) is 19.8. The maximum atomic E-state index is 13.5. The van der Waals surface area contributed by atoms with Gasteiger partial charge in [0.1, 0.15) is 0 Å². The largest absolute Gasteiger partial charge is 0.342 e. The van der Waals surface area contributed by atoms with E-state index in [-0.39, 0.29) is 23.7 Å². The number of nitrogens with zero attached hydrogens (tertiary/aromatic N) is 2. The van der Waals surface area contributed by atoms with Crippen LogP contribution in [0.1, 0.15) is 81.1 Å². The molecule has 164 valence electrons. The molecule has 2 atom stereocenters. The van der Waals surface area contributed by atoms with Crippen molar-refractivity contribution < 1.29 is 9.59 Å². The summed E-state index contributed by atoms with van der Waals surface area (Å²) in [7, 11) is 0. The highest BCUT2D eigenvalue weighted by atomic mass is 16.2. The van der Waals surface area contributed by atoms with Gasteiger partial charge < -0.3 is 9.80 Å². The molecule has 0 N–H and O–H groups in total. The van der Waals surface area contributed by atoms with E-state index in [0.29, 0.717) is 23.7 Å². The summed E-state index contributed by atoms with van der Waals surface area (Å²) < 4.78 is 0. The summed E-state index contributed by atoms with van der Waals surface area (Å²) >= 11 is 0. The molecule has 0 radical (unpaired) electrons. The summed E-state index contributed by atoms with van der Waals surface area (Å²) in [5.74, 6) is 1.93. The van der Waals surface area contributed by atoms with Gasteiger partial charge in [-0.2, -0.15) is 0 Å². The zero-order chi connectivity index (χ0) is 21.4. The Hall–Kier alpha value is -1.06. The normalized spacial score (nSPS) is 20.3. The molecule has 2 amide bonds. The quantitative estimate of drug-likeness (QED) is 0.519. The smallest absolute Gasteiger partial charge is 0.226 e. The fraction of sp³-hybridized carbons (Fsp3) is 0.917. The van der Waals surface area contributed by atoms with E-state index in [1.54, 1.807) is 0 Å². The van der Waals surface area contributed by atoms with Crippen molar-refractivity contribution in [3.8, 4) is 0 Å². The lowest BCUT2D eigenvalue weighted by Crippen LogP contribution is -2.49. The minimum atomic E-state index is -0.138. The van der Waals surface area contributed by atoms with E-state index in [1.165, 1.54) is 0 Å². The third-order valence-electron chi connectivity index (χ3n) is 5.37. The van der Waals surface area contributed by atoms with Crippen LogP contribution in [0.5, 0.6) is 0 Å². The van der Waals surface area contributed by atoms with Crippen LogP contribution < -0.4 is 0 Å². The monoisotopic (exact) mass is 394 g/mol. The molecule has 0 heterocycles. The molecular formula is C24H46N2O2. The molecule has 0 spiro atoms. The Bertz CT molecular complexity index is 421. The van der Waals surface area contributed by atoms with Crippen molar-refractivity contribution in [2.75, 3.05) is 26.2 Å². The number of hydrogen-bond donors (Lipinski definition) is 0. The molecule has 1 rings (SSSR count). The molecule has 1 aliphatic carbocycles. The van der Waals surface area contributed by atoms with E-state index >= 15 is 0 Å². The van der Waals surface area contributed by atoms with Crippen molar-refractivity contribution in [3.05, 3.63) is 0 Å². The molecule has 1 aliphatic rings. The van der Waals surface area contributed by atoms with E-state index in [1.807, 2.05) is 9.80 Å². The van der Waals surface area contributed by atoms with Crippen molar-refractivity contribution in [2.24, 2.45) is 35.5 Å². The Morgan fingerprint density at radius 3 is 1.07 bits per heavy atom. The molecule has 2 unspecified atom stereocenters. The number of amides is 2. The first-order valence-corrected chi connectivity index (χ1v) is 11.6. The first-order valence-electron chi connectivity index (χ1n) is 11.6. The molecular weight excluding hydrogens is 348 g/mol. The van der Waals surface area contributed by atoms with Gasteiger partial charge in [0.05, 0.1) is 0 Å². The lowest BCUT2D eigenvalue weighted by Gasteiger charge is -2.38. The average molecular weight is 395 g/mol. The van der Waals surface area contributed by atoms with Gasteiger partial charge in [0.2, 0.25) is 11.8 Å². The van der Waals surface area contributed by atoms with Gasteiger partial charge in [0.15, 0.2) is 0 Å². The summed E-state index contributed by atoms with van der Waals surface area (Å²) in [4.78, 5) is 31.1. The van der Waals surface area contributed by atoms with Gasteiger partial charge in [0, 0.05) is 38.0 Å². The van der Waals surface area contributed by atoms with Crippen LogP contribution in [0.3, 0.4) is 0 Å². The first kappa shape index (κ1) is 25.0. The van der Waals surface area contributed by atoms with Crippen LogP contribution in [-0.2, 0) is 9.59 Å². The van der Waals surface area contributed by atoms with Gasteiger partial charge in [-0.15, -0.1) is 0 Å². The first-order chi connectivity index (χ1) is 13.0. The van der Waals surface area contributed by atoms with Gasteiger partial charge in [-0.1, -0.05) is 68.2 Å². The van der Waals surface area contributed by atoms with Gasteiger partial charge in [-0.3, -0.25) is 9.59 Å². The molecule has 0 aromatic heterocycles. The summed E-state index contributed by atoms with van der Waals surface area (Å²) in [5.41, 5.74) is 0. The zero-order valence-corrected chi connectivity index (χ0v) is 19.8. The second kappa shape index (κ2) is 11.8. The van der Waals surface area contributed by atoms with E-state index in [9.17, 15) is 9.59 Å². The fourth-order valence-electron chi connectivity index (χ4n) is 4.46. The van der Waals surface area contributed by atoms with E-state index < -0.39 is 0 Å². The summed E-state index contributed by atoms with van der Waals surface area (Å²) in [5, 5.41) is 0. The predicted octanol–water partition coefficient (Wildman–Crippen LogP) is 5.07. The van der Waals surface area contributed by atoms with Crippen molar-refractivity contribution in [2.45, 2.75) is 81.1 Å². The molecule has 0 bridgehead atoms. The standard InChI is InChI=1S/C24H46N2O2/c1-17(2)13-25(14-18(3)4)23(27)21-11-9-10-12-22(21)24(28)26(15-19(5)6)16-20(7)8/h17-22H,9-16H2,1-8H3. The highest BCUT2D eigenvalue weighted by Gasteiger charge is 2.39. The highest BCUT2D eigenvalue weighted by molar-refractivity contribution is 5.88. The summed E-state index contributed by atoms with van der Waals surface area (Å²) in [6.07, 6.45) is 3.84. The third kappa shape index (κ3) is 8.13. The number of rotatable bonds is 10. The van der Waals surface area contributed by atoms with Crippen LogP contribution in [0.25, 0.3) is 0 Å². The SMILES string of the molecule is CC(C)CN(CC(C)C)C(=O)C1CCCCC1C(=O)N(CC(C)C)CC(C)C. The molecule has 4 nitrogen and oxygen atoms in total. The second-order valence-corrected chi connectivity index (χ2v) is 10.6. The van der Waals surface area contributed by atoms with Crippen molar-refractivity contribution in [1.29, 1.82) is 0 Å². The van der Waals surface area contributed by atoms with Crippen LogP contribution >= 0.6 is 0 Å². The number of carbonyl (C=O) groups is 2. The molecule has 4 heteroatoms. The van der Waals surface area contributed by atoms with E-state index in [4.69, 9.17) is 0 Å². The Balaban J connectivity index is 3.03. The van der Waals surface area contributed by atoms with E-state index in [0.717, 1.165) is 51.9 Å². The molecule has 0 aliphatic heterocycles. The Kier molecular flexibility index (Phi) is 10.5. The molecule has 1 fully saturated rings. The fourth-order valence-corrected chi connectivity index (χ4v) is 4.46. The van der Waals surface area contributed by atoms with Gasteiger partial charge in [-0.25, -0.2) is 0 Å². The maximum Gasteiger partial charge on any atom is 0.226 e. The summed E-state index contributed by atoms with van der Waals surface area (Å²) in [6, 6.07) is 0. The number of hydrogen-bond acceptors (Lipinski definition) is 2. The van der Waals surface area contributed by atoms with Crippen LogP contribution in [0.2, 0.25) is 0 Å². The van der Waals surface area contributed by atoms with Crippen molar-refractivity contribution in [3.63, 3.8) is 0 Å². The van der Waals surface area contributed by atoms with Crippen molar-refractivity contribution >= 4 is 11.8 Å². The number of carbonyl (C=O) groups excluding carboxylic acids is 2. The van der Waals surface area contributed by atoms with Crippen LogP contribution in [0.15, 0.2) is 0 Å². The minimum Gasteiger partial charge on any atom is -0.342 e. The average Bonchev–Trinajstić information content (AvgIpc) is 2.57. The molecule has 1 saturated carbocycles. The lowest BCUT2D eigenvalue weighted by molar-refractivity contribution is -0.149. The van der Waals surface area contributed by atoms with Crippen LogP contribution in [0, 0.1) is 35.5 Å². The maximum absolute atomic E-state index is 13.5. The highest BCUT2D eigenvalue weighted by Crippen LogP contribution is 2.34. The summed E-state index contributed by atoms with van der Waals surface area (Å²) in [6.45, 7) is 20.5. The van der Waals surface area contributed by atoms with Gasteiger partial charge in [-0.05, 0) is 36.5 Å². The topological polar surface area (TPSA) is 40.6 Å². The minimum absolute atomic E-state index is 0.138. The molecule has 0 aromatic rings. The Morgan fingerprint density at radius 2 is 0.857 bits per heavy atom. The molecule has 0 saturated heterocycles. The Labute approximate surface area is 174 Å². The third-order valence-corrected chi connectivity index (χ3v) is 5.37. The molecule has 28 heavy (non-hydrogen) atoms. The van der Waals surface area contributed by atoms with Gasteiger partial charge in [0.25, 0.3) is 0 Å². The second-order valence-electron chi connectivity index (χ2n) is 10.6. The Morgan fingerprint density at radius 1 is 0.607 bits per heavy atom. The lowest BCUT2D eigenvalue weighted by atomic mass is 9.77.